The molecule has 36 heavy (non-hydrogen) atoms. The van der Waals surface area contributed by atoms with E-state index in [4.69, 9.17) is 5.26 Å². The number of rotatable bonds is 3. The number of benzene rings is 1. The maximum Gasteiger partial charge on any atom is 0.341 e. The highest BCUT2D eigenvalue weighted by Gasteiger charge is 2.34. The Kier molecular flexibility index (Phi) is 6.05. The van der Waals surface area contributed by atoms with Crippen LogP contribution in [0.2, 0.25) is 0 Å². The lowest BCUT2D eigenvalue weighted by atomic mass is 10.0. The van der Waals surface area contributed by atoms with Gasteiger partial charge in [-0.1, -0.05) is 0 Å². The van der Waals surface area contributed by atoms with Gasteiger partial charge < -0.3 is 9.80 Å². The monoisotopic (exact) mass is 491 g/mol. The van der Waals surface area contributed by atoms with Crippen LogP contribution >= 0.6 is 0 Å². The molecule has 2 aliphatic heterocycles. The number of carbonyl (C=O) groups excluding carboxylic acids is 1. The number of amides is 2. The van der Waals surface area contributed by atoms with Crippen LogP contribution in [-0.2, 0) is 7.05 Å². The Labute approximate surface area is 206 Å². The van der Waals surface area contributed by atoms with Gasteiger partial charge in [0.1, 0.15) is 11.5 Å². The molecular weight excluding hydrogens is 468 g/mol. The summed E-state index contributed by atoms with van der Waals surface area (Å²) in [5, 5.41) is 19.0. The number of nitriles is 1. The molecule has 1 saturated heterocycles. The van der Waals surface area contributed by atoms with Crippen molar-refractivity contribution < 1.29 is 13.6 Å². The van der Waals surface area contributed by atoms with Crippen molar-refractivity contribution in [2.45, 2.75) is 19.4 Å². The van der Waals surface area contributed by atoms with Crippen molar-refractivity contribution in [2.75, 3.05) is 31.1 Å². The average Bonchev–Trinajstić information content (AvgIpc) is 3.49. The van der Waals surface area contributed by atoms with Crippen LogP contribution in [0, 0.1) is 29.9 Å². The Bertz CT molecular complexity index is 1390. The molecule has 2 aromatic heterocycles. The van der Waals surface area contributed by atoms with Gasteiger partial charge in [0.05, 0.1) is 35.3 Å². The molecule has 1 aromatic carbocycles. The van der Waals surface area contributed by atoms with Crippen molar-refractivity contribution in [1.82, 2.24) is 29.7 Å². The number of anilines is 1. The molecule has 1 fully saturated rings. The molecule has 0 aliphatic carbocycles. The molecule has 0 N–H and O–H groups in total. The van der Waals surface area contributed by atoms with Gasteiger partial charge in [0.2, 0.25) is 5.95 Å². The summed E-state index contributed by atoms with van der Waals surface area (Å²) >= 11 is 0. The van der Waals surface area contributed by atoms with Crippen molar-refractivity contribution in [3.8, 4) is 17.5 Å². The van der Waals surface area contributed by atoms with Crippen LogP contribution in [0.15, 0.2) is 35.6 Å². The molecule has 2 amide bonds. The maximum atomic E-state index is 14.5. The summed E-state index contributed by atoms with van der Waals surface area (Å²) in [5.41, 5.74) is 2.19. The minimum atomic E-state index is -0.537. The Morgan fingerprint density at radius 1 is 1.14 bits per heavy atom. The first-order valence-corrected chi connectivity index (χ1v) is 11.4. The normalized spacial score (nSPS) is 17.5. The number of piperazine rings is 1. The zero-order valence-electron chi connectivity index (χ0n) is 19.8. The lowest BCUT2D eigenvalue weighted by molar-refractivity contribution is 0.139. The molecular formula is C24H23F2N9O. The number of carbonyl (C=O) groups is 1. The Morgan fingerprint density at radius 2 is 1.92 bits per heavy atom. The van der Waals surface area contributed by atoms with Crippen molar-refractivity contribution in [3.05, 3.63) is 58.9 Å². The first kappa shape index (κ1) is 23.3. The van der Waals surface area contributed by atoms with Gasteiger partial charge >= 0.3 is 6.03 Å². The number of aryl methyl sites for hydroxylation is 2. The summed E-state index contributed by atoms with van der Waals surface area (Å²) in [4.78, 5) is 25.4. The topological polar surface area (TPSA) is 107 Å². The second kappa shape index (κ2) is 9.33. The molecule has 184 valence electrons. The van der Waals surface area contributed by atoms with Gasteiger partial charge in [0, 0.05) is 45.9 Å². The third-order valence-electron chi connectivity index (χ3n) is 6.27. The summed E-state index contributed by atoms with van der Waals surface area (Å²) in [6, 6.07) is 6.97. The average molecular weight is 492 g/mol. The van der Waals surface area contributed by atoms with Crippen molar-refractivity contribution in [3.63, 3.8) is 0 Å². The van der Waals surface area contributed by atoms with Crippen molar-refractivity contribution in [2.24, 2.45) is 12.1 Å². The number of aromatic nitrogens is 4. The number of nitrogens with zero attached hydrogens (tertiary/aromatic N) is 9. The summed E-state index contributed by atoms with van der Waals surface area (Å²) < 4.78 is 30.1. The van der Waals surface area contributed by atoms with E-state index >= 15 is 0 Å². The maximum absolute atomic E-state index is 14.5. The van der Waals surface area contributed by atoms with E-state index in [1.165, 1.54) is 11.1 Å². The molecule has 0 bridgehead atoms. The van der Waals surface area contributed by atoms with Crippen LogP contribution in [0.1, 0.15) is 29.3 Å². The molecule has 10 nitrogen and oxygen atoms in total. The lowest BCUT2D eigenvalue weighted by Crippen LogP contribution is -2.52. The fraction of sp³-hybridized carbons (Fsp3) is 0.333. The number of halogens is 2. The van der Waals surface area contributed by atoms with E-state index < -0.39 is 17.7 Å². The van der Waals surface area contributed by atoms with Crippen LogP contribution in [0.4, 0.5) is 19.5 Å². The van der Waals surface area contributed by atoms with Gasteiger partial charge in [-0.3, -0.25) is 4.68 Å². The van der Waals surface area contributed by atoms with Gasteiger partial charge in [0.25, 0.3) is 0 Å². The molecule has 3 aromatic rings. The SMILES string of the molecule is Cc1cc(-c2nc(N3CCN(C(=O)N4N=CC[C@H]4c4cc(F)cc(C#N)c4)CC3)ncc2F)n(C)n1. The van der Waals surface area contributed by atoms with Gasteiger partial charge in [-0.25, -0.2) is 28.6 Å². The highest BCUT2D eigenvalue weighted by Crippen LogP contribution is 2.31. The van der Waals surface area contributed by atoms with E-state index in [0.29, 0.717) is 49.8 Å². The standard InChI is InChI=1S/C24H23F2N9O/c1-15-9-21(32(2)31-15)22-19(26)14-28-23(30-22)33-5-7-34(8-6-33)24(36)35-20(3-4-29-35)17-10-16(13-27)11-18(25)12-17/h4,9-12,14,20H,3,5-8H2,1-2H3/t20-/m0/s1. The Balaban J connectivity index is 1.29. The van der Waals surface area contributed by atoms with Crippen LogP contribution in [0.5, 0.6) is 0 Å². The summed E-state index contributed by atoms with van der Waals surface area (Å²) in [5.74, 6) is -0.694. The van der Waals surface area contributed by atoms with Gasteiger partial charge in [0.15, 0.2) is 5.82 Å². The Morgan fingerprint density at radius 3 is 2.61 bits per heavy atom. The second-order valence-electron chi connectivity index (χ2n) is 8.70. The van der Waals surface area contributed by atoms with E-state index in [1.807, 2.05) is 17.9 Å². The van der Waals surface area contributed by atoms with Gasteiger partial charge in [-0.2, -0.15) is 15.5 Å². The molecule has 0 spiro atoms. The molecule has 0 saturated carbocycles. The fourth-order valence-corrected chi connectivity index (χ4v) is 4.51. The molecule has 0 radical (unpaired) electrons. The zero-order valence-corrected chi connectivity index (χ0v) is 19.8. The highest BCUT2D eigenvalue weighted by molar-refractivity contribution is 5.79. The van der Waals surface area contributed by atoms with E-state index in [2.05, 4.69) is 20.2 Å². The predicted octanol–water partition coefficient (Wildman–Crippen LogP) is 3.01. The quantitative estimate of drug-likeness (QED) is 0.558. The smallest absolute Gasteiger partial charge is 0.337 e. The lowest BCUT2D eigenvalue weighted by Gasteiger charge is -2.37. The van der Waals surface area contributed by atoms with Crippen LogP contribution in [0.25, 0.3) is 11.4 Å². The van der Waals surface area contributed by atoms with Gasteiger partial charge in [-0.15, -0.1) is 0 Å². The van der Waals surface area contributed by atoms with Crippen LogP contribution in [0.3, 0.4) is 0 Å². The molecule has 0 unspecified atom stereocenters. The molecule has 12 heteroatoms. The second-order valence-corrected chi connectivity index (χ2v) is 8.70. The van der Waals surface area contributed by atoms with E-state index in [1.54, 1.807) is 35.0 Å². The van der Waals surface area contributed by atoms with Crippen molar-refractivity contribution >= 4 is 18.2 Å². The third kappa shape index (κ3) is 4.35. The fourth-order valence-electron chi connectivity index (χ4n) is 4.51. The summed E-state index contributed by atoms with van der Waals surface area (Å²) in [6.45, 7) is 3.48. The first-order chi connectivity index (χ1) is 17.3. The minimum Gasteiger partial charge on any atom is -0.337 e. The van der Waals surface area contributed by atoms with Crippen LogP contribution < -0.4 is 4.90 Å². The number of hydrogen-bond donors (Lipinski definition) is 0. The number of urea groups is 1. The number of hydrogen-bond acceptors (Lipinski definition) is 7. The minimum absolute atomic E-state index is 0.169. The van der Waals surface area contributed by atoms with E-state index in [0.717, 1.165) is 18.0 Å². The number of hydrazone groups is 1. The molecule has 2 aliphatic rings. The largest absolute Gasteiger partial charge is 0.341 e. The van der Waals surface area contributed by atoms with Crippen molar-refractivity contribution in [1.29, 1.82) is 5.26 Å². The summed E-state index contributed by atoms with van der Waals surface area (Å²) in [7, 11) is 1.73. The van der Waals surface area contributed by atoms with Crippen LogP contribution in [-0.4, -0.2) is 68.1 Å². The predicted molar refractivity (Wildman–Crippen MR) is 127 cm³/mol. The van der Waals surface area contributed by atoms with E-state index in [-0.39, 0.29) is 17.3 Å². The third-order valence-corrected chi connectivity index (χ3v) is 6.27. The van der Waals surface area contributed by atoms with Gasteiger partial charge in [-0.05, 0) is 36.8 Å². The molecule has 1 atom stereocenters. The Hall–Kier alpha value is -4.40. The van der Waals surface area contributed by atoms with E-state index in [9.17, 15) is 13.6 Å². The zero-order chi connectivity index (χ0) is 25.4. The summed E-state index contributed by atoms with van der Waals surface area (Å²) in [6.07, 6.45) is 3.19. The molecule has 5 rings (SSSR count). The molecule has 4 heterocycles. The highest BCUT2D eigenvalue weighted by atomic mass is 19.1. The first-order valence-electron chi connectivity index (χ1n) is 11.4.